The third-order valence-electron chi connectivity index (χ3n) is 7.60. The molecule has 1 fully saturated rings. The van der Waals surface area contributed by atoms with E-state index in [1.165, 1.54) is 12.1 Å². The van der Waals surface area contributed by atoms with Gasteiger partial charge in [-0.1, -0.05) is 42.0 Å². The first kappa shape index (κ1) is 30.9. The molecule has 4 aromatic rings. The summed E-state index contributed by atoms with van der Waals surface area (Å²) in [4.78, 5) is 15.3. The summed E-state index contributed by atoms with van der Waals surface area (Å²) in [5.74, 6) is -1.94. The number of pyridine rings is 1. The van der Waals surface area contributed by atoms with Gasteiger partial charge in [-0.25, -0.2) is 14.5 Å². The Morgan fingerprint density at radius 3 is 2.30 bits per heavy atom. The summed E-state index contributed by atoms with van der Waals surface area (Å²) in [6.45, 7) is 1.99. The number of hydrogen-bond donors (Lipinski definition) is 1. The number of alkyl halides is 6. The van der Waals surface area contributed by atoms with Gasteiger partial charge in [-0.2, -0.15) is 31.4 Å². The highest BCUT2D eigenvalue weighted by molar-refractivity contribution is 5.69. The molecule has 1 N–H and O–H groups in total. The monoisotopic (exact) mass is 619 g/mol. The van der Waals surface area contributed by atoms with E-state index in [-0.39, 0.29) is 36.9 Å². The molecule has 232 valence electrons. The van der Waals surface area contributed by atoms with Crippen LogP contribution in [0.3, 0.4) is 0 Å². The number of benzene rings is 2. The van der Waals surface area contributed by atoms with E-state index in [0.29, 0.717) is 35.0 Å². The zero-order valence-corrected chi connectivity index (χ0v) is 23.3. The molecule has 44 heavy (non-hydrogen) atoms. The lowest BCUT2D eigenvalue weighted by Crippen LogP contribution is -2.27. The summed E-state index contributed by atoms with van der Waals surface area (Å²) in [6.07, 6.45) is -9.19. The highest BCUT2D eigenvalue weighted by atomic mass is 19.4. The van der Waals surface area contributed by atoms with E-state index in [9.17, 15) is 31.1 Å². The zero-order valence-electron chi connectivity index (χ0n) is 23.3. The van der Waals surface area contributed by atoms with Crippen LogP contribution in [0.15, 0.2) is 66.9 Å². The third kappa shape index (κ3) is 6.98. The summed E-state index contributed by atoms with van der Waals surface area (Å²) >= 11 is 0. The van der Waals surface area contributed by atoms with Crippen molar-refractivity contribution in [1.29, 1.82) is 0 Å². The molecule has 2 heterocycles. The van der Waals surface area contributed by atoms with Crippen molar-refractivity contribution < 1.29 is 45.7 Å². The minimum absolute atomic E-state index is 0.0741. The number of carboxylic acid groups (broad SMARTS) is 1. The highest BCUT2D eigenvalue weighted by Crippen LogP contribution is 2.43. The van der Waals surface area contributed by atoms with E-state index in [1.807, 2.05) is 37.3 Å². The van der Waals surface area contributed by atoms with Crippen LogP contribution >= 0.6 is 0 Å². The fourth-order valence-electron chi connectivity index (χ4n) is 5.40. The lowest BCUT2D eigenvalue weighted by molar-refractivity contribution is -0.182. The molecule has 1 aliphatic carbocycles. The molecule has 0 spiro atoms. The number of aryl methyl sites for hydroxylation is 1. The predicted octanol–water partition coefficient (Wildman–Crippen LogP) is 8.73. The van der Waals surface area contributed by atoms with Gasteiger partial charge in [0.05, 0.1) is 17.8 Å². The maximum absolute atomic E-state index is 13.8. The van der Waals surface area contributed by atoms with Gasteiger partial charge < -0.3 is 14.6 Å². The van der Waals surface area contributed by atoms with Crippen LogP contribution in [0.5, 0.6) is 11.5 Å². The Bertz CT molecular complexity index is 1620. The van der Waals surface area contributed by atoms with Crippen LogP contribution in [-0.4, -0.2) is 32.2 Å². The van der Waals surface area contributed by atoms with E-state index in [2.05, 4.69) is 14.8 Å². The number of rotatable bonds is 7. The first-order valence-corrected chi connectivity index (χ1v) is 13.7. The van der Waals surface area contributed by atoms with E-state index in [0.717, 1.165) is 16.7 Å². The summed E-state index contributed by atoms with van der Waals surface area (Å²) in [6, 6.07) is 17.2. The minimum atomic E-state index is -4.99. The number of nitrogens with zero attached hydrogens (tertiary/aromatic N) is 3. The molecule has 5 rings (SSSR count). The molecule has 1 saturated carbocycles. The Kier molecular flexibility index (Phi) is 8.57. The lowest BCUT2D eigenvalue weighted by atomic mass is 9.78. The largest absolute Gasteiger partial charge is 0.511 e. The standard InChI is InChI=1S/C31H27F6N3O4/c1-18-5-14-25(43-17-19-6-8-20(9-7-19)21-10-12-22(13-11-21)30(32,33)34)23(15-18)24-3-2-4-27(39-24)40-28(31(35,36)37)26(16-38-40)44-29(41)42/h2-9,14-16,21-22H,10-13,17H2,1H3,(H,41,42). The van der Waals surface area contributed by atoms with Crippen LogP contribution in [-0.2, 0) is 12.8 Å². The molecule has 0 saturated heterocycles. The van der Waals surface area contributed by atoms with Gasteiger partial charge in [0.15, 0.2) is 17.3 Å². The number of carbonyl (C=O) groups is 1. The number of ether oxygens (including phenoxy) is 2. The van der Waals surface area contributed by atoms with Gasteiger partial charge in [0.2, 0.25) is 0 Å². The minimum Gasteiger partial charge on any atom is -0.488 e. The number of hydrogen-bond acceptors (Lipinski definition) is 5. The molecule has 0 amide bonds. The molecule has 1 aliphatic rings. The summed E-state index contributed by atoms with van der Waals surface area (Å²) in [5.41, 5.74) is 2.02. The van der Waals surface area contributed by atoms with Gasteiger partial charge in [0, 0.05) is 5.56 Å². The second kappa shape index (κ2) is 12.2. The lowest BCUT2D eigenvalue weighted by Gasteiger charge is -2.30. The second-order valence-corrected chi connectivity index (χ2v) is 10.6. The van der Waals surface area contributed by atoms with Crippen LogP contribution in [0.25, 0.3) is 17.1 Å². The second-order valence-electron chi connectivity index (χ2n) is 10.6. The van der Waals surface area contributed by atoms with Gasteiger partial charge >= 0.3 is 18.5 Å². The van der Waals surface area contributed by atoms with Crippen molar-refractivity contribution in [2.75, 3.05) is 0 Å². The number of aromatic nitrogens is 3. The average molecular weight is 620 g/mol. The van der Waals surface area contributed by atoms with E-state index >= 15 is 0 Å². The summed E-state index contributed by atoms with van der Waals surface area (Å²) in [7, 11) is 0. The normalized spacial score (nSPS) is 17.3. The third-order valence-corrected chi connectivity index (χ3v) is 7.60. The number of halogens is 6. The van der Waals surface area contributed by atoms with E-state index in [4.69, 9.17) is 9.84 Å². The van der Waals surface area contributed by atoms with Crippen molar-refractivity contribution in [3.8, 4) is 28.6 Å². The van der Waals surface area contributed by atoms with E-state index < -0.39 is 35.9 Å². The molecule has 7 nitrogen and oxygen atoms in total. The molecule has 2 aromatic carbocycles. The maximum atomic E-state index is 13.8. The van der Waals surface area contributed by atoms with E-state index in [1.54, 1.807) is 18.2 Å². The maximum Gasteiger partial charge on any atom is 0.511 e. The smallest absolute Gasteiger partial charge is 0.488 e. The highest BCUT2D eigenvalue weighted by Gasteiger charge is 2.42. The van der Waals surface area contributed by atoms with Crippen LogP contribution in [0.2, 0.25) is 0 Å². The molecular weight excluding hydrogens is 592 g/mol. The first-order valence-electron chi connectivity index (χ1n) is 13.7. The fraction of sp³-hybridized carbons (Fsp3) is 0.323. The Morgan fingerprint density at radius 1 is 0.955 bits per heavy atom. The van der Waals surface area contributed by atoms with Gasteiger partial charge in [0.25, 0.3) is 0 Å². The van der Waals surface area contributed by atoms with Crippen molar-refractivity contribution in [3.05, 3.63) is 89.2 Å². The van der Waals surface area contributed by atoms with Crippen LogP contribution < -0.4 is 9.47 Å². The Labute approximate surface area is 248 Å². The van der Waals surface area contributed by atoms with Gasteiger partial charge in [0.1, 0.15) is 12.4 Å². The topological polar surface area (TPSA) is 86.5 Å². The molecule has 0 atom stereocenters. The molecule has 2 aromatic heterocycles. The Hall–Kier alpha value is -4.55. The molecule has 13 heteroatoms. The summed E-state index contributed by atoms with van der Waals surface area (Å²) in [5, 5.41) is 12.5. The van der Waals surface area contributed by atoms with Crippen molar-refractivity contribution in [1.82, 2.24) is 14.8 Å². The summed E-state index contributed by atoms with van der Waals surface area (Å²) < 4.78 is 91.4. The SMILES string of the molecule is Cc1ccc(OCc2ccc(C3CCC(C(F)(F)F)CC3)cc2)c(-c2cccc(-n3ncc(OC(=O)O)c3C(F)(F)F)n2)c1. The zero-order chi connectivity index (χ0) is 31.6. The van der Waals surface area contributed by atoms with Crippen molar-refractivity contribution >= 4 is 6.16 Å². The average Bonchev–Trinajstić information content (AvgIpc) is 3.40. The Balaban J connectivity index is 1.34. The fourth-order valence-corrected chi connectivity index (χ4v) is 5.40. The van der Waals surface area contributed by atoms with Crippen LogP contribution in [0.1, 0.15) is 54.0 Å². The molecular formula is C31H27F6N3O4. The van der Waals surface area contributed by atoms with Crippen LogP contribution in [0.4, 0.5) is 31.1 Å². The van der Waals surface area contributed by atoms with Gasteiger partial charge in [-0.05, 0) is 73.9 Å². The quantitative estimate of drug-likeness (QED) is 0.165. The molecule has 0 radical (unpaired) electrons. The van der Waals surface area contributed by atoms with Crippen molar-refractivity contribution in [2.45, 2.75) is 57.5 Å². The van der Waals surface area contributed by atoms with Gasteiger partial charge in [-0.15, -0.1) is 0 Å². The van der Waals surface area contributed by atoms with Crippen LogP contribution in [0, 0.1) is 12.8 Å². The molecule has 0 unspecified atom stereocenters. The van der Waals surface area contributed by atoms with Crippen molar-refractivity contribution in [3.63, 3.8) is 0 Å². The first-order chi connectivity index (χ1) is 20.8. The van der Waals surface area contributed by atoms with Gasteiger partial charge in [-0.3, -0.25) is 0 Å². The molecule has 0 bridgehead atoms. The van der Waals surface area contributed by atoms with Crippen molar-refractivity contribution in [2.24, 2.45) is 5.92 Å². The predicted molar refractivity (Wildman–Crippen MR) is 147 cm³/mol. The Morgan fingerprint density at radius 2 is 1.66 bits per heavy atom. The molecule has 0 aliphatic heterocycles.